The quantitative estimate of drug-likeness (QED) is 0.856. The number of benzene rings is 2. The molecule has 0 bridgehead atoms. The highest BCUT2D eigenvalue weighted by atomic mass is 35.5. The minimum atomic E-state index is -0.587. The minimum Gasteiger partial charge on any atom is -0.481 e. The number of rotatable bonds is 6. The summed E-state index contributed by atoms with van der Waals surface area (Å²) in [6, 6.07) is 11.3. The molecule has 0 spiro atoms. The van der Waals surface area contributed by atoms with Crippen molar-refractivity contribution in [3.63, 3.8) is 0 Å². The topological polar surface area (TPSA) is 38.3 Å². The molecule has 5 heteroatoms. The molecule has 0 aliphatic carbocycles. The Kier molecular flexibility index (Phi) is 5.99. The smallest absolute Gasteiger partial charge is 0.261 e. The van der Waals surface area contributed by atoms with Crippen LogP contribution in [-0.4, -0.2) is 12.0 Å². The first kappa shape index (κ1) is 17.3. The van der Waals surface area contributed by atoms with Gasteiger partial charge in [-0.3, -0.25) is 4.79 Å². The van der Waals surface area contributed by atoms with Crippen molar-refractivity contribution in [3.05, 3.63) is 64.4 Å². The Morgan fingerprint density at radius 1 is 1.26 bits per heavy atom. The molecule has 3 nitrogen and oxygen atoms in total. The van der Waals surface area contributed by atoms with Crippen LogP contribution in [0, 0.1) is 12.7 Å². The molecule has 2 rings (SSSR count). The molecule has 23 heavy (non-hydrogen) atoms. The zero-order chi connectivity index (χ0) is 16.8. The van der Waals surface area contributed by atoms with Crippen molar-refractivity contribution in [2.45, 2.75) is 32.9 Å². The zero-order valence-corrected chi connectivity index (χ0v) is 13.9. The summed E-state index contributed by atoms with van der Waals surface area (Å²) < 4.78 is 18.6. The van der Waals surface area contributed by atoms with Gasteiger partial charge in [0.1, 0.15) is 11.6 Å². The summed E-state index contributed by atoms with van der Waals surface area (Å²) in [4.78, 5) is 12.2. The van der Waals surface area contributed by atoms with Crippen LogP contribution < -0.4 is 10.1 Å². The molecule has 0 aliphatic rings. The average Bonchev–Trinajstić information content (AvgIpc) is 2.55. The molecule has 0 heterocycles. The van der Waals surface area contributed by atoms with Crippen molar-refractivity contribution in [2.24, 2.45) is 0 Å². The third-order valence-electron chi connectivity index (χ3n) is 3.45. The lowest BCUT2D eigenvalue weighted by molar-refractivity contribution is -0.128. The van der Waals surface area contributed by atoms with Gasteiger partial charge in [0.15, 0.2) is 6.10 Å². The Morgan fingerprint density at radius 3 is 2.57 bits per heavy atom. The van der Waals surface area contributed by atoms with E-state index in [1.54, 1.807) is 30.3 Å². The van der Waals surface area contributed by atoms with Crippen LogP contribution in [0.15, 0.2) is 42.5 Å². The molecule has 0 saturated carbocycles. The molecule has 2 aromatic carbocycles. The standard InChI is InChI=1S/C18H19ClFNO2/c1-3-17(23-15-8-9-16(19)12(2)10-15)18(22)21-11-13-4-6-14(20)7-5-13/h4-10,17H,3,11H2,1-2H3,(H,21,22)/t17-/m1/s1. The van der Waals surface area contributed by atoms with Crippen LogP contribution in [0.5, 0.6) is 5.75 Å². The van der Waals surface area contributed by atoms with Gasteiger partial charge in [0.25, 0.3) is 5.91 Å². The predicted octanol–water partition coefficient (Wildman–Crippen LogP) is 4.26. The van der Waals surface area contributed by atoms with Crippen molar-refractivity contribution >= 4 is 17.5 Å². The second-order valence-corrected chi connectivity index (χ2v) is 5.68. The Bertz CT molecular complexity index is 673. The van der Waals surface area contributed by atoms with Crippen LogP contribution in [0.3, 0.4) is 0 Å². The normalized spacial score (nSPS) is 11.8. The molecule has 0 aliphatic heterocycles. The molecule has 0 saturated heterocycles. The Labute approximate surface area is 140 Å². The van der Waals surface area contributed by atoms with Gasteiger partial charge in [0.05, 0.1) is 0 Å². The van der Waals surface area contributed by atoms with Gasteiger partial charge < -0.3 is 10.1 Å². The highest BCUT2D eigenvalue weighted by Gasteiger charge is 2.18. The van der Waals surface area contributed by atoms with Crippen LogP contribution in [0.1, 0.15) is 24.5 Å². The Morgan fingerprint density at radius 2 is 1.96 bits per heavy atom. The van der Waals surface area contributed by atoms with Gasteiger partial charge in [0, 0.05) is 11.6 Å². The lowest BCUT2D eigenvalue weighted by Crippen LogP contribution is -2.37. The molecule has 1 N–H and O–H groups in total. The van der Waals surface area contributed by atoms with E-state index in [1.807, 2.05) is 13.8 Å². The number of carbonyl (C=O) groups excluding carboxylic acids is 1. The molecule has 122 valence electrons. The van der Waals surface area contributed by atoms with Crippen LogP contribution in [0.4, 0.5) is 4.39 Å². The van der Waals surface area contributed by atoms with Crippen LogP contribution in [0.2, 0.25) is 5.02 Å². The fourth-order valence-corrected chi connectivity index (χ4v) is 2.20. The third kappa shape index (κ3) is 4.96. The van der Waals surface area contributed by atoms with Crippen molar-refractivity contribution in [2.75, 3.05) is 0 Å². The Balaban J connectivity index is 1.95. The van der Waals surface area contributed by atoms with Crippen LogP contribution in [-0.2, 0) is 11.3 Å². The van der Waals surface area contributed by atoms with E-state index in [4.69, 9.17) is 16.3 Å². The van der Waals surface area contributed by atoms with Crippen molar-refractivity contribution < 1.29 is 13.9 Å². The summed E-state index contributed by atoms with van der Waals surface area (Å²) in [6.45, 7) is 4.09. The summed E-state index contributed by atoms with van der Waals surface area (Å²) in [5.74, 6) is 0.105. The van der Waals surface area contributed by atoms with Crippen LogP contribution in [0.25, 0.3) is 0 Å². The summed E-state index contributed by atoms with van der Waals surface area (Å²) in [6.07, 6.45) is -0.0484. The lowest BCUT2D eigenvalue weighted by atomic mass is 10.2. The number of carbonyl (C=O) groups is 1. The largest absolute Gasteiger partial charge is 0.481 e. The van der Waals surface area contributed by atoms with E-state index in [0.717, 1.165) is 11.1 Å². The van der Waals surface area contributed by atoms with E-state index in [1.165, 1.54) is 12.1 Å². The monoisotopic (exact) mass is 335 g/mol. The average molecular weight is 336 g/mol. The number of ether oxygens (including phenoxy) is 1. The molecule has 0 radical (unpaired) electrons. The van der Waals surface area contributed by atoms with Gasteiger partial charge in [0.2, 0.25) is 0 Å². The second kappa shape index (κ2) is 7.97. The molecule has 0 fully saturated rings. The second-order valence-electron chi connectivity index (χ2n) is 5.27. The molecule has 2 aromatic rings. The lowest BCUT2D eigenvalue weighted by Gasteiger charge is -2.18. The van der Waals surface area contributed by atoms with Crippen molar-refractivity contribution in [3.8, 4) is 5.75 Å². The maximum Gasteiger partial charge on any atom is 0.261 e. The third-order valence-corrected chi connectivity index (χ3v) is 3.88. The van der Waals surface area contributed by atoms with Gasteiger partial charge in [-0.2, -0.15) is 0 Å². The van der Waals surface area contributed by atoms with E-state index in [9.17, 15) is 9.18 Å². The zero-order valence-electron chi connectivity index (χ0n) is 13.1. The van der Waals surface area contributed by atoms with Crippen molar-refractivity contribution in [1.82, 2.24) is 5.32 Å². The summed E-state index contributed by atoms with van der Waals surface area (Å²) in [5, 5.41) is 3.46. The first-order valence-corrected chi connectivity index (χ1v) is 7.82. The SMILES string of the molecule is CC[C@@H](Oc1ccc(Cl)c(C)c1)C(=O)NCc1ccc(F)cc1. The molecular weight excluding hydrogens is 317 g/mol. The maximum atomic E-state index is 12.9. The van der Waals surface area contributed by atoms with E-state index >= 15 is 0 Å². The number of amides is 1. The minimum absolute atomic E-state index is 0.204. The summed E-state index contributed by atoms with van der Waals surface area (Å²) >= 11 is 5.98. The predicted molar refractivity (Wildman–Crippen MR) is 89.1 cm³/mol. The van der Waals surface area contributed by atoms with Crippen LogP contribution >= 0.6 is 11.6 Å². The highest BCUT2D eigenvalue weighted by Crippen LogP contribution is 2.22. The molecule has 1 amide bonds. The molecule has 1 atom stereocenters. The van der Waals surface area contributed by atoms with E-state index in [2.05, 4.69) is 5.32 Å². The Hall–Kier alpha value is -2.07. The number of nitrogens with one attached hydrogen (secondary N) is 1. The maximum absolute atomic E-state index is 12.9. The number of aryl methyl sites for hydroxylation is 1. The fraction of sp³-hybridized carbons (Fsp3) is 0.278. The van der Waals surface area contributed by atoms with Gasteiger partial charge in [-0.1, -0.05) is 30.7 Å². The molecule has 0 unspecified atom stereocenters. The van der Waals surface area contributed by atoms with Crippen molar-refractivity contribution in [1.29, 1.82) is 0 Å². The summed E-state index contributed by atoms with van der Waals surface area (Å²) in [7, 11) is 0. The van der Waals surface area contributed by atoms with Gasteiger partial charge >= 0.3 is 0 Å². The first-order valence-electron chi connectivity index (χ1n) is 7.44. The number of halogens is 2. The van der Waals surface area contributed by atoms with Gasteiger partial charge in [-0.25, -0.2) is 4.39 Å². The molecular formula is C18H19ClFNO2. The van der Waals surface area contributed by atoms with Gasteiger partial charge in [-0.15, -0.1) is 0 Å². The van der Waals surface area contributed by atoms with Gasteiger partial charge in [-0.05, 0) is 54.8 Å². The van der Waals surface area contributed by atoms with E-state index in [-0.39, 0.29) is 11.7 Å². The first-order chi connectivity index (χ1) is 11.0. The molecule has 0 aromatic heterocycles. The van der Waals surface area contributed by atoms with E-state index in [0.29, 0.717) is 23.7 Å². The summed E-state index contributed by atoms with van der Waals surface area (Å²) in [5.41, 5.74) is 1.72. The number of hydrogen-bond donors (Lipinski definition) is 1. The fourth-order valence-electron chi connectivity index (χ4n) is 2.08. The number of hydrogen-bond acceptors (Lipinski definition) is 2. The van der Waals surface area contributed by atoms with E-state index < -0.39 is 6.10 Å². The highest BCUT2D eigenvalue weighted by molar-refractivity contribution is 6.31.